The van der Waals surface area contributed by atoms with Crippen molar-refractivity contribution in [1.29, 1.82) is 0 Å². The quantitative estimate of drug-likeness (QED) is 0.724. The first kappa shape index (κ1) is 13.8. The molecule has 0 aliphatic rings. The van der Waals surface area contributed by atoms with E-state index in [1.165, 1.54) is 18.5 Å². The smallest absolute Gasteiger partial charge is 0.0596 e. The van der Waals surface area contributed by atoms with E-state index in [0.717, 1.165) is 24.0 Å². The van der Waals surface area contributed by atoms with E-state index in [1.54, 1.807) is 0 Å². The molecule has 0 saturated heterocycles. The Hall–Kier alpha value is -0.310. The molecular weight excluding hydrogens is 264 g/mol. The fourth-order valence-electron chi connectivity index (χ4n) is 2.26. The van der Waals surface area contributed by atoms with Gasteiger partial charge in [0.25, 0.3) is 0 Å². The summed E-state index contributed by atoms with van der Waals surface area (Å²) in [6.07, 6.45) is 3.61. The Morgan fingerprint density at radius 2 is 2.12 bits per heavy atom. The number of aryl methyl sites for hydroxylation is 2. The van der Waals surface area contributed by atoms with Gasteiger partial charge in [0.2, 0.25) is 0 Å². The van der Waals surface area contributed by atoms with Gasteiger partial charge in [-0.3, -0.25) is 4.68 Å². The van der Waals surface area contributed by atoms with Crippen LogP contribution < -0.4 is 0 Å². The minimum Gasteiger partial charge on any atom is -0.270 e. The lowest BCUT2D eigenvalue weighted by Gasteiger charge is -2.27. The summed E-state index contributed by atoms with van der Waals surface area (Å²) in [6.45, 7) is 9.80. The van der Waals surface area contributed by atoms with Crippen molar-refractivity contribution in [2.24, 2.45) is 5.41 Å². The van der Waals surface area contributed by atoms with Crippen LogP contribution in [0.2, 0.25) is 0 Å². The van der Waals surface area contributed by atoms with Crippen molar-refractivity contribution < 1.29 is 0 Å². The first-order chi connectivity index (χ1) is 7.54. The van der Waals surface area contributed by atoms with Gasteiger partial charge in [0.05, 0.1) is 5.69 Å². The Kier molecular flexibility index (Phi) is 5.03. The average Bonchev–Trinajstić information content (AvgIpc) is 2.59. The van der Waals surface area contributed by atoms with Crippen LogP contribution in [-0.2, 0) is 13.0 Å². The van der Waals surface area contributed by atoms with Crippen molar-refractivity contribution in [3.8, 4) is 0 Å². The summed E-state index contributed by atoms with van der Waals surface area (Å²) in [4.78, 5) is 0. The van der Waals surface area contributed by atoms with E-state index in [4.69, 9.17) is 0 Å². The highest BCUT2D eigenvalue weighted by atomic mass is 79.9. The molecule has 0 saturated carbocycles. The maximum atomic E-state index is 4.51. The molecule has 0 spiro atoms. The molecule has 1 atom stereocenters. The molecule has 2 nitrogen and oxygen atoms in total. The Bertz CT molecular complexity index is 333. The summed E-state index contributed by atoms with van der Waals surface area (Å²) in [5, 5.41) is 5.57. The number of aromatic nitrogens is 2. The lowest BCUT2D eigenvalue weighted by atomic mass is 9.83. The fraction of sp³-hybridized carbons (Fsp3) is 0.769. The molecule has 1 aromatic heterocycles. The lowest BCUT2D eigenvalue weighted by Crippen LogP contribution is -2.23. The van der Waals surface area contributed by atoms with Gasteiger partial charge >= 0.3 is 0 Å². The largest absolute Gasteiger partial charge is 0.270 e. The molecule has 0 N–H and O–H groups in total. The number of alkyl halides is 1. The van der Waals surface area contributed by atoms with Crippen LogP contribution in [0.4, 0.5) is 0 Å². The molecule has 92 valence electrons. The Morgan fingerprint density at radius 3 is 2.62 bits per heavy atom. The summed E-state index contributed by atoms with van der Waals surface area (Å²) < 4.78 is 2.13. The van der Waals surface area contributed by atoms with Crippen molar-refractivity contribution in [1.82, 2.24) is 9.78 Å². The number of hydrogen-bond donors (Lipinski definition) is 0. The zero-order chi connectivity index (χ0) is 12.2. The zero-order valence-electron chi connectivity index (χ0n) is 10.9. The molecule has 0 fully saturated rings. The van der Waals surface area contributed by atoms with Crippen LogP contribution in [0.1, 0.15) is 45.0 Å². The summed E-state index contributed by atoms with van der Waals surface area (Å²) >= 11 is 3.65. The Morgan fingerprint density at radius 1 is 1.44 bits per heavy atom. The molecule has 0 amide bonds. The van der Waals surface area contributed by atoms with Crippen LogP contribution in [0.25, 0.3) is 0 Å². The van der Waals surface area contributed by atoms with Gasteiger partial charge in [-0.1, -0.05) is 36.2 Å². The minimum absolute atomic E-state index is 0.355. The molecule has 1 rings (SSSR count). The summed E-state index contributed by atoms with van der Waals surface area (Å²) in [5.74, 6) is 0. The van der Waals surface area contributed by atoms with Gasteiger partial charge in [-0.2, -0.15) is 5.10 Å². The van der Waals surface area contributed by atoms with Gasteiger partial charge in [0.15, 0.2) is 0 Å². The van der Waals surface area contributed by atoms with Gasteiger partial charge in [0, 0.05) is 17.6 Å². The molecular formula is C13H23BrN2. The number of nitrogens with zero attached hydrogens (tertiary/aromatic N) is 2. The van der Waals surface area contributed by atoms with Gasteiger partial charge in [0.1, 0.15) is 0 Å². The second-order valence-corrected chi connectivity index (χ2v) is 5.52. The van der Waals surface area contributed by atoms with E-state index in [-0.39, 0.29) is 0 Å². The van der Waals surface area contributed by atoms with Crippen molar-refractivity contribution >= 4 is 15.9 Å². The topological polar surface area (TPSA) is 17.8 Å². The van der Waals surface area contributed by atoms with E-state index >= 15 is 0 Å². The minimum atomic E-state index is 0.355. The molecule has 0 aliphatic heterocycles. The molecule has 3 heteroatoms. The molecule has 1 unspecified atom stereocenters. The molecule has 0 bridgehead atoms. The molecule has 1 aromatic rings. The standard InChI is InChI=1S/C13H23BrN2/c1-5-7-13(4,10-14)9-12-8-11(3)15-16(12)6-2/h8H,5-7,9-10H2,1-4H3. The molecule has 16 heavy (non-hydrogen) atoms. The average molecular weight is 287 g/mol. The number of rotatable bonds is 6. The van der Waals surface area contributed by atoms with Crippen molar-refractivity contribution in [2.75, 3.05) is 5.33 Å². The van der Waals surface area contributed by atoms with E-state index in [9.17, 15) is 0 Å². The molecule has 0 radical (unpaired) electrons. The van der Waals surface area contributed by atoms with Crippen molar-refractivity contribution in [3.63, 3.8) is 0 Å². The molecule has 0 aliphatic carbocycles. The van der Waals surface area contributed by atoms with Gasteiger partial charge in [-0.25, -0.2) is 0 Å². The SMILES string of the molecule is CCCC(C)(CBr)Cc1cc(C)nn1CC. The van der Waals surface area contributed by atoms with Gasteiger partial charge in [-0.05, 0) is 38.2 Å². The second-order valence-electron chi connectivity index (χ2n) is 4.96. The third-order valence-electron chi connectivity index (χ3n) is 3.07. The predicted octanol–water partition coefficient (Wildman–Crippen LogP) is 3.96. The maximum Gasteiger partial charge on any atom is 0.0596 e. The van der Waals surface area contributed by atoms with Gasteiger partial charge < -0.3 is 0 Å². The summed E-state index contributed by atoms with van der Waals surface area (Å²) in [7, 11) is 0. The van der Waals surface area contributed by atoms with Crippen molar-refractivity contribution in [3.05, 3.63) is 17.5 Å². The van der Waals surface area contributed by atoms with Gasteiger partial charge in [-0.15, -0.1) is 0 Å². The van der Waals surface area contributed by atoms with Crippen LogP contribution in [0.3, 0.4) is 0 Å². The van der Waals surface area contributed by atoms with Crippen molar-refractivity contribution in [2.45, 2.75) is 53.5 Å². The van der Waals surface area contributed by atoms with Crippen LogP contribution in [0.5, 0.6) is 0 Å². The first-order valence-electron chi connectivity index (χ1n) is 6.14. The maximum absolute atomic E-state index is 4.51. The highest BCUT2D eigenvalue weighted by Crippen LogP contribution is 2.30. The van der Waals surface area contributed by atoms with Crippen LogP contribution in [0, 0.1) is 12.3 Å². The Balaban J connectivity index is 2.84. The van der Waals surface area contributed by atoms with E-state index in [0.29, 0.717) is 5.41 Å². The molecule has 0 aromatic carbocycles. The van der Waals surface area contributed by atoms with E-state index in [2.05, 4.69) is 59.5 Å². The third-order valence-corrected chi connectivity index (χ3v) is 4.42. The first-order valence-corrected chi connectivity index (χ1v) is 7.26. The van der Waals surface area contributed by atoms with Crippen LogP contribution >= 0.6 is 15.9 Å². The molecule has 1 heterocycles. The summed E-state index contributed by atoms with van der Waals surface area (Å²) in [6, 6.07) is 2.22. The highest BCUT2D eigenvalue weighted by Gasteiger charge is 2.24. The normalized spacial score (nSPS) is 15.1. The third kappa shape index (κ3) is 3.34. The Labute approximate surface area is 108 Å². The monoisotopic (exact) mass is 286 g/mol. The van der Waals surface area contributed by atoms with Crippen LogP contribution in [0.15, 0.2) is 6.07 Å². The number of hydrogen-bond acceptors (Lipinski definition) is 1. The van der Waals surface area contributed by atoms with E-state index < -0.39 is 0 Å². The second kappa shape index (κ2) is 5.85. The number of halogens is 1. The highest BCUT2D eigenvalue weighted by molar-refractivity contribution is 9.09. The predicted molar refractivity (Wildman–Crippen MR) is 73.2 cm³/mol. The van der Waals surface area contributed by atoms with Crippen LogP contribution in [-0.4, -0.2) is 15.1 Å². The summed E-state index contributed by atoms with van der Waals surface area (Å²) in [5.41, 5.74) is 2.86. The lowest BCUT2D eigenvalue weighted by molar-refractivity contribution is 0.330. The zero-order valence-corrected chi connectivity index (χ0v) is 12.5. The fourth-order valence-corrected chi connectivity index (χ4v) is 2.74. The van der Waals surface area contributed by atoms with E-state index in [1.807, 2.05) is 0 Å².